The van der Waals surface area contributed by atoms with Gasteiger partial charge in [0.05, 0.1) is 46.8 Å². The maximum atomic E-state index is 13.7. The molecular formula is C32H40N8O4. The highest BCUT2D eigenvalue weighted by Gasteiger charge is 2.29. The van der Waals surface area contributed by atoms with Crippen LogP contribution in [-0.4, -0.2) is 67.7 Å². The summed E-state index contributed by atoms with van der Waals surface area (Å²) in [7, 11) is 1.84. The summed E-state index contributed by atoms with van der Waals surface area (Å²) in [5.41, 5.74) is 4.81. The molecule has 3 aromatic heterocycles. The van der Waals surface area contributed by atoms with Gasteiger partial charge in [-0.05, 0) is 77.6 Å². The number of carbonyl (C=O) groups excluding carboxylic acids is 2. The van der Waals surface area contributed by atoms with Gasteiger partial charge < -0.3 is 24.3 Å². The van der Waals surface area contributed by atoms with Crippen LogP contribution in [0, 0.1) is 6.92 Å². The third-order valence-electron chi connectivity index (χ3n) is 7.86. The van der Waals surface area contributed by atoms with Crippen molar-refractivity contribution in [3.05, 3.63) is 47.8 Å². The maximum Gasteiger partial charge on any atom is 0.407 e. The number of amides is 2. The van der Waals surface area contributed by atoms with Gasteiger partial charge in [-0.1, -0.05) is 6.07 Å². The van der Waals surface area contributed by atoms with Gasteiger partial charge in [0.1, 0.15) is 5.60 Å². The molecule has 232 valence electrons. The van der Waals surface area contributed by atoms with Crippen LogP contribution in [0.15, 0.2) is 36.5 Å². The monoisotopic (exact) mass is 600 g/mol. The molecule has 1 aromatic carbocycles. The smallest absolute Gasteiger partial charge is 0.407 e. The Morgan fingerprint density at radius 1 is 1.14 bits per heavy atom. The fraction of sp³-hybridized carbons (Fsp3) is 0.469. The predicted molar refractivity (Wildman–Crippen MR) is 168 cm³/mol. The predicted octanol–water partition coefficient (Wildman–Crippen LogP) is 5.06. The van der Waals surface area contributed by atoms with Gasteiger partial charge in [0.2, 0.25) is 11.8 Å². The lowest BCUT2D eigenvalue weighted by atomic mass is 10.1. The summed E-state index contributed by atoms with van der Waals surface area (Å²) in [5, 5.41) is 10.5. The van der Waals surface area contributed by atoms with Crippen LogP contribution in [0.4, 0.5) is 16.4 Å². The average Bonchev–Trinajstić information content (AvgIpc) is 3.66. The van der Waals surface area contributed by atoms with Crippen molar-refractivity contribution in [1.29, 1.82) is 0 Å². The molecular weight excluding hydrogens is 560 g/mol. The lowest BCUT2D eigenvalue weighted by Crippen LogP contribution is -2.40. The number of anilines is 2. The first-order chi connectivity index (χ1) is 21.1. The van der Waals surface area contributed by atoms with Gasteiger partial charge in [0.25, 0.3) is 5.91 Å². The van der Waals surface area contributed by atoms with Crippen LogP contribution in [0.3, 0.4) is 0 Å². The maximum absolute atomic E-state index is 13.7. The van der Waals surface area contributed by atoms with Gasteiger partial charge in [-0.3, -0.25) is 15.1 Å². The molecule has 1 unspecified atom stereocenters. The van der Waals surface area contributed by atoms with Gasteiger partial charge in [-0.2, -0.15) is 5.10 Å². The number of alkyl carbamates (subject to hydrolysis) is 1. The number of ether oxygens (including phenoxy) is 2. The Morgan fingerprint density at radius 3 is 2.80 bits per heavy atom. The van der Waals surface area contributed by atoms with E-state index in [0.29, 0.717) is 48.5 Å². The number of imidazole rings is 1. The molecule has 2 aliphatic rings. The fourth-order valence-electron chi connectivity index (χ4n) is 5.91. The number of nitrogens with zero attached hydrogens (tertiary/aromatic N) is 6. The van der Waals surface area contributed by atoms with Crippen LogP contribution >= 0.6 is 0 Å². The summed E-state index contributed by atoms with van der Waals surface area (Å²) >= 11 is 0. The standard InChI is InChI=1S/C32H40N8O4/c1-20-16-21-17-25(34-20)23-18-33-38(5)29(23)43-15-8-6-7-13-40-27-24(36-30(40)37-28(21)41)10-9-11-26(27)39-14-12-22(19-39)35-31(42)44-32(2,3)4/h9-11,16-18,22H,6-8,12-15,19H2,1-5H3,(H,35,42)(H,36,37,41). The van der Waals surface area contributed by atoms with E-state index in [1.54, 1.807) is 23.0 Å². The van der Waals surface area contributed by atoms with Crippen molar-refractivity contribution in [2.45, 2.75) is 71.6 Å². The van der Waals surface area contributed by atoms with Crippen molar-refractivity contribution in [3.8, 4) is 17.1 Å². The van der Waals surface area contributed by atoms with Crippen LogP contribution in [0.1, 0.15) is 62.5 Å². The molecule has 5 heterocycles. The van der Waals surface area contributed by atoms with Crippen molar-refractivity contribution in [2.24, 2.45) is 7.05 Å². The van der Waals surface area contributed by atoms with E-state index < -0.39 is 11.7 Å². The van der Waals surface area contributed by atoms with E-state index in [1.165, 1.54) is 0 Å². The van der Waals surface area contributed by atoms with Crippen molar-refractivity contribution in [1.82, 2.24) is 29.6 Å². The lowest BCUT2D eigenvalue weighted by molar-refractivity contribution is 0.0509. The molecule has 2 bridgehead atoms. The zero-order valence-corrected chi connectivity index (χ0v) is 26.0. The summed E-state index contributed by atoms with van der Waals surface area (Å²) in [6, 6.07) is 9.56. The third kappa shape index (κ3) is 6.20. The number of aromatic nitrogens is 5. The van der Waals surface area contributed by atoms with Crippen LogP contribution < -0.4 is 20.3 Å². The van der Waals surface area contributed by atoms with E-state index in [1.807, 2.05) is 46.9 Å². The summed E-state index contributed by atoms with van der Waals surface area (Å²) in [5.74, 6) is 0.876. The molecule has 4 aromatic rings. The molecule has 44 heavy (non-hydrogen) atoms. The highest BCUT2D eigenvalue weighted by atomic mass is 16.6. The zero-order chi connectivity index (χ0) is 31.0. The highest BCUT2D eigenvalue weighted by molar-refractivity contribution is 6.05. The Hall–Kier alpha value is -4.61. The summed E-state index contributed by atoms with van der Waals surface area (Å²) < 4.78 is 15.5. The van der Waals surface area contributed by atoms with Crippen LogP contribution in [-0.2, 0) is 18.3 Å². The Morgan fingerprint density at radius 2 is 1.98 bits per heavy atom. The van der Waals surface area contributed by atoms with Gasteiger partial charge in [-0.15, -0.1) is 0 Å². The third-order valence-corrected chi connectivity index (χ3v) is 7.86. The van der Waals surface area contributed by atoms with Gasteiger partial charge in [-0.25, -0.2) is 14.5 Å². The van der Waals surface area contributed by atoms with Crippen LogP contribution in [0.25, 0.3) is 22.3 Å². The molecule has 12 nitrogen and oxygen atoms in total. The Kier molecular flexibility index (Phi) is 7.91. The second-order valence-corrected chi connectivity index (χ2v) is 12.5. The lowest BCUT2D eigenvalue weighted by Gasteiger charge is -2.23. The quantitative estimate of drug-likeness (QED) is 0.327. The fourth-order valence-corrected chi connectivity index (χ4v) is 5.91. The molecule has 2 N–H and O–H groups in total. The number of pyridine rings is 1. The summed E-state index contributed by atoms with van der Waals surface area (Å²) in [4.78, 5) is 38.0. The minimum atomic E-state index is -0.553. The molecule has 1 atom stereocenters. The Bertz CT molecular complexity index is 1700. The van der Waals surface area contributed by atoms with E-state index in [0.717, 1.165) is 54.5 Å². The molecule has 0 spiro atoms. The van der Waals surface area contributed by atoms with Crippen molar-refractivity contribution < 1.29 is 19.1 Å². The topological polar surface area (TPSA) is 128 Å². The SMILES string of the molecule is Cc1cc2cc(n1)-c1cnn(C)c1OCCCCCn1c(nc3cccc(N4CCC(NC(=O)OC(C)(C)C)C4)c31)NC2=O. The van der Waals surface area contributed by atoms with E-state index in [9.17, 15) is 9.59 Å². The zero-order valence-electron chi connectivity index (χ0n) is 26.0. The second-order valence-electron chi connectivity index (χ2n) is 12.5. The number of hydrogen-bond acceptors (Lipinski definition) is 8. The van der Waals surface area contributed by atoms with E-state index in [2.05, 4.69) is 36.2 Å². The molecule has 0 saturated carbocycles. The van der Waals surface area contributed by atoms with Crippen molar-refractivity contribution in [2.75, 3.05) is 29.9 Å². The molecule has 0 radical (unpaired) electrons. The Balaban J connectivity index is 1.32. The molecule has 0 aliphatic carbocycles. The summed E-state index contributed by atoms with van der Waals surface area (Å²) in [6.07, 6.45) is 4.79. The minimum absolute atomic E-state index is 0.0337. The molecule has 6 rings (SSSR count). The first kappa shape index (κ1) is 29.5. The Labute approximate surface area is 256 Å². The molecule has 12 heteroatoms. The minimum Gasteiger partial charge on any atom is -0.477 e. The molecule has 1 fully saturated rings. The van der Waals surface area contributed by atoms with Crippen molar-refractivity contribution >= 4 is 34.7 Å². The number of carbonyl (C=O) groups is 2. The van der Waals surface area contributed by atoms with E-state index in [-0.39, 0.29) is 11.9 Å². The van der Waals surface area contributed by atoms with Crippen molar-refractivity contribution in [3.63, 3.8) is 0 Å². The largest absolute Gasteiger partial charge is 0.477 e. The number of fused-ring (bicyclic) bond motifs is 7. The first-order valence-electron chi connectivity index (χ1n) is 15.2. The second kappa shape index (κ2) is 11.8. The van der Waals surface area contributed by atoms with E-state index >= 15 is 0 Å². The molecule has 2 amide bonds. The van der Waals surface area contributed by atoms with Gasteiger partial charge in [0.15, 0.2) is 0 Å². The number of para-hydroxylation sites is 1. The van der Waals surface area contributed by atoms with Crippen LogP contribution in [0.2, 0.25) is 0 Å². The average molecular weight is 601 g/mol. The number of hydrogen-bond donors (Lipinski definition) is 2. The number of nitrogens with one attached hydrogen (secondary N) is 2. The van der Waals surface area contributed by atoms with E-state index in [4.69, 9.17) is 14.5 Å². The first-order valence-corrected chi connectivity index (χ1v) is 15.2. The number of rotatable bonds is 2. The number of aryl methyl sites for hydroxylation is 3. The molecule has 2 aliphatic heterocycles. The van der Waals surface area contributed by atoms with Crippen LogP contribution in [0.5, 0.6) is 5.88 Å². The van der Waals surface area contributed by atoms with Gasteiger partial charge in [0, 0.05) is 37.9 Å². The normalized spacial score (nSPS) is 17.6. The number of benzene rings is 1. The summed E-state index contributed by atoms with van der Waals surface area (Å²) in [6.45, 7) is 10.1. The molecule has 1 saturated heterocycles. The highest BCUT2D eigenvalue weighted by Crippen LogP contribution is 2.34. The van der Waals surface area contributed by atoms with Gasteiger partial charge >= 0.3 is 6.09 Å².